The molecule has 1 amide bonds. The highest BCUT2D eigenvalue weighted by molar-refractivity contribution is 7.89. The van der Waals surface area contributed by atoms with Crippen LogP contribution in [0.2, 0.25) is 0 Å². The summed E-state index contributed by atoms with van der Waals surface area (Å²) in [6.07, 6.45) is 1.37. The number of fused-ring (bicyclic) bond motifs is 1. The van der Waals surface area contributed by atoms with Crippen LogP contribution >= 0.6 is 0 Å². The van der Waals surface area contributed by atoms with Gasteiger partial charge >= 0.3 is 0 Å². The largest absolute Gasteiger partial charge is 0.492 e. The molecule has 0 radical (unpaired) electrons. The zero-order chi connectivity index (χ0) is 26.7. The van der Waals surface area contributed by atoms with Crippen LogP contribution in [0.25, 0.3) is 5.57 Å². The fraction of sp³-hybridized carbons (Fsp3) is 0.207. The van der Waals surface area contributed by atoms with Crippen LogP contribution in [0.1, 0.15) is 24.0 Å². The zero-order valence-corrected chi connectivity index (χ0v) is 21.3. The third kappa shape index (κ3) is 4.66. The monoisotopic (exact) mass is 524 g/mol. The molecule has 0 saturated carbocycles. The lowest BCUT2D eigenvalue weighted by Crippen LogP contribution is -2.39. The number of amides is 1. The summed E-state index contributed by atoms with van der Waals surface area (Å²) in [4.78, 5) is 14.9. The molecule has 1 fully saturated rings. The molecule has 8 nitrogen and oxygen atoms in total. The molecule has 190 valence electrons. The van der Waals surface area contributed by atoms with Gasteiger partial charge in [0.2, 0.25) is 10.0 Å². The van der Waals surface area contributed by atoms with Gasteiger partial charge in [-0.3, -0.25) is 4.79 Å². The minimum Gasteiger partial charge on any atom is -0.492 e. The number of allylic oxidation sites excluding steroid dienone is 1. The van der Waals surface area contributed by atoms with E-state index in [0.29, 0.717) is 30.8 Å². The van der Waals surface area contributed by atoms with Gasteiger partial charge in [0.05, 0.1) is 28.7 Å². The number of benzene rings is 3. The molecule has 0 aromatic heterocycles. The van der Waals surface area contributed by atoms with Crippen molar-refractivity contribution in [2.24, 2.45) is 0 Å². The topological polar surface area (TPSA) is 114 Å². The van der Waals surface area contributed by atoms with Crippen molar-refractivity contribution in [2.75, 3.05) is 18.1 Å². The first-order valence-corrected chi connectivity index (χ1v) is 13.6. The van der Waals surface area contributed by atoms with E-state index in [2.05, 4.69) is 0 Å². The Balaban J connectivity index is 1.49. The normalized spacial score (nSPS) is 17.1. The molecule has 3 aromatic rings. The maximum atomic E-state index is 13.8. The summed E-state index contributed by atoms with van der Waals surface area (Å²) in [5.41, 5.74) is 1.15. The third-order valence-electron chi connectivity index (χ3n) is 6.76. The smallest absolute Gasteiger partial charge is 0.261 e. The average Bonchev–Trinajstić information content (AvgIpc) is 3.53. The van der Waals surface area contributed by atoms with Gasteiger partial charge in [0.15, 0.2) is 0 Å². The summed E-state index contributed by atoms with van der Waals surface area (Å²) in [6, 6.07) is 26.3. The molecule has 9 heteroatoms. The summed E-state index contributed by atoms with van der Waals surface area (Å²) in [5.74, 6) is 0.161. The van der Waals surface area contributed by atoms with Crippen LogP contribution in [-0.2, 0) is 21.4 Å². The molecule has 2 aliphatic rings. The molecular formula is C29H24N4O4S. The van der Waals surface area contributed by atoms with Crippen LogP contribution < -0.4 is 9.64 Å². The molecule has 1 saturated heterocycles. The van der Waals surface area contributed by atoms with Crippen molar-refractivity contribution in [1.82, 2.24) is 4.31 Å². The van der Waals surface area contributed by atoms with Crippen molar-refractivity contribution < 1.29 is 17.9 Å². The maximum Gasteiger partial charge on any atom is 0.261 e. The lowest BCUT2D eigenvalue weighted by Gasteiger charge is -2.24. The number of anilines is 1. The van der Waals surface area contributed by atoms with E-state index in [-0.39, 0.29) is 40.8 Å². The second-order valence-electron chi connectivity index (χ2n) is 9.07. The Kier molecular flexibility index (Phi) is 6.97. The van der Waals surface area contributed by atoms with E-state index < -0.39 is 15.9 Å². The van der Waals surface area contributed by atoms with Gasteiger partial charge in [-0.1, -0.05) is 48.5 Å². The fourth-order valence-electron chi connectivity index (χ4n) is 4.91. The molecule has 2 heterocycles. The Labute approximate surface area is 221 Å². The van der Waals surface area contributed by atoms with Gasteiger partial charge in [-0.25, -0.2) is 8.42 Å². The van der Waals surface area contributed by atoms with E-state index in [1.807, 2.05) is 60.7 Å². The first-order valence-electron chi connectivity index (χ1n) is 12.2. The third-order valence-corrected chi connectivity index (χ3v) is 8.71. The summed E-state index contributed by atoms with van der Waals surface area (Å²) in [6.45, 7) is 0.790. The highest BCUT2D eigenvalue weighted by atomic mass is 32.2. The molecule has 0 bridgehead atoms. The van der Waals surface area contributed by atoms with Gasteiger partial charge in [0.1, 0.15) is 30.1 Å². The van der Waals surface area contributed by atoms with Crippen molar-refractivity contribution in [3.63, 3.8) is 0 Å². The fourth-order valence-corrected chi connectivity index (χ4v) is 6.61. The number of nitriles is 2. The van der Waals surface area contributed by atoms with Crippen LogP contribution in [-0.4, -0.2) is 37.8 Å². The minimum atomic E-state index is -3.94. The van der Waals surface area contributed by atoms with E-state index in [1.54, 1.807) is 18.2 Å². The Bertz CT molecular complexity index is 1570. The second kappa shape index (κ2) is 10.5. The zero-order valence-electron chi connectivity index (χ0n) is 20.4. The minimum absolute atomic E-state index is 0.00459. The number of nitrogens with zero attached hydrogens (tertiary/aromatic N) is 4. The first-order chi connectivity index (χ1) is 18.4. The van der Waals surface area contributed by atoms with Crippen LogP contribution in [0.4, 0.5) is 5.69 Å². The van der Waals surface area contributed by atoms with Crippen LogP contribution in [0.15, 0.2) is 89.3 Å². The Morgan fingerprint density at radius 1 is 0.974 bits per heavy atom. The van der Waals surface area contributed by atoms with Gasteiger partial charge in [0.25, 0.3) is 5.91 Å². The number of ether oxygens (including phenoxy) is 1. The molecule has 5 rings (SSSR count). The number of para-hydroxylation sites is 1. The summed E-state index contributed by atoms with van der Waals surface area (Å²) in [5, 5.41) is 19.1. The van der Waals surface area contributed by atoms with Gasteiger partial charge in [-0.2, -0.15) is 14.8 Å². The van der Waals surface area contributed by atoms with E-state index in [1.165, 1.54) is 21.3 Å². The molecule has 1 unspecified atom stereocenters. The van der Waals surface area contributed by atoms with Crippen molar-refractivity contribution >= 4 is 27.2 Å². The molecule has 2 aliphatic heterocycles. The predicted molar refractivity (Wildman–Crippen MR) is 141 cm³/mol. The average molecular weight is 525 g/mol. The predicted octanol–water partition coefficient (Wildman–Crippen LogP) is 4.27. The van der Waals surface area contributed by atoms with E-state index >= 15 is 0 Å². The lowest BCUT2D eigenvalue weighted by molar-refractivity contribution is -0.113. The molecule has 0 aliphatic carbocycles. The number of carbonyl (C=O) groups is 1. The Morgan fingerprint density at radius 2 is 1.66 bits per heavy atom. The van der Waals surface area contributed by atoms with Gasteiger partial charge in [-0.05, 0) is 48.7 Å². The number of sulfonamides is 1. The van der Waals surface area contributed by atoms with Crippen molar-refractivity contribution in [2.45, 2.75) is 30.3 Å². The summed E-state index contributed by atoms with van der Waals surface area (Å²) < 4.78 is 34.8. The van der Waals surface area contributed by atoms with Gasteiger partial charge in [-0.15, -0.1) is 0 Å². The van der Waals surface area contributed by atoms with Crippen molar-refractivity contribution in [1.29, 1.82) is 10.5 Å². The second-order valence-corrected chi connectivity index (χ2v) is 11.0. The Morgan fingerprint density at radius 3 is 2.34 bits per heavy atom. The number of hydrogen-bond acceptors (Lipinski definition) is 6. The summed E-state index contributed by atoms with van der Waals surface area (Å²) in [7, 11) is -3.94. The van der Waals surface area contributed by atoms with Crippen molar-refractivity contribution in [3.05, 3.63) is 95.6 Å². The SMILES string of the molecule is N#CC(C#N)=C1C(=O)N(Cc2ccccc2)c2ccc(S(=O)(=O)N3CCCC3COc3ccccc3)cc21. The first kappa shape index (κ1) is 25.2. The van der Waals surface area contributed by atoms with Crippen LogP contribution in [0.3, 0.4) is 0 Å². The number of carbonyl (C=O) groups excluding carboxylic acids is 1. The highest BCUT2D eigenvalue weighted by Crippen LogP contribution is 2.41. The number of hydrogen-bond donors (Lipinski definition) is 0. The lowest BCUT2D eigenvalue weighted by atomic mass is 10.0. The Hall–Kier alpha value is -4.44. The molecule has 0 spiro atoms. The van der Waals surface area contributed by atoms with Crippen LogP contribution in [0, 0.1) is 22.7 Å². The van der Waals surface area contributed by atoms with Crippen molar-refractivity contribution in [3.8, 4) is 17.9 Å². The summed E-state index contributed by atoms with van der Waals surface area (Å²) >= 11 is 0. The highest BCUT2D eigenvalue weighted by Gasteiger charge is 2.39. The van der Waals surface area contributed by atoms with Gasteiger partial charge < -0.3 is 9.64 Å². The molecule has 38 heavy (non-hydrogen) atoms. The van der Waals surface area contributed by atoms with Gasteiger partial charge in [0, 0.05) is 12.1 Å². The standard InChI is InChI=1S/C29H24N4O4S/c30-17-22(18-31)28-26-16-25(13-14-27(26)32(29(28)34)19-21-8-3-1-4-9-21)38(35,36)33-15-7-10-23(33)20-37-24-11-5-2-6-12-24/h1-6,8-9,11-14,16,23H,7,10,15,19-20H2. The molecule has 1 atom stereocenters. The maximum absolute atomic E-state index is 13.8. The molecule has 0 N–H and O–H groups in total. The van der Waals surface area contributed by atoms with Crippen LogP contribution in [0.5, 0.6) is 5.75 Å². The van der Waals surface area contributed by atoms with E-state index in [4.69, 9.17) is 4.74 Å². The van der Waals surface area contributed by atoms with E-state index in [0.717, 1.165) is 5.56 Å². The number of rotatable bonds is 7. The quantitative estimate of drug-likeness (QED) is 0.337. The molecular weight excluding hydrogens is 500 g/mol. The van der Waals surface area contributed by atoms with E-state index in [9.17, 15) is 23.7 Å². The molecule has 3 aromatic carbocycles.